The minimum atomic E-state index is -0.572. The lowest BCUT2D eigenvalue weighted by Gasteiger charge is -2.12. The van der Waals surface area contributed by atoms with Gasteiger partial charge in [0.1, 0.15) is 24.0 Å². The first-order chi connectivity index (χ1) is 14.5. The van der Waals surface area contributed by atoms with E-state index in [1.54, 1.807) is 18.2 Å². The monoisotopic (exact) mass is 447 g/mol. The lowest BCUT2D eigenvalue weighted by Crippen LogP contribution is -1.99. The average Bonchev–Trinajstić information content (AvgIpc) is 2.74. The smallest absolute Gasteiger partial charge is 0.233 e. The summed E-state index contributed by atoms with van der Waals surface area (Å²) in [5, 5.41) is 1.80. The molecule has 0 bridgehead atoms. The number of nitrogens with zero attached hydrogens (tertiary/aromatic N) is 2. The Labute approximate surface area is 179 Å². The summed E-state index contributed by atoms with van der Waals surface area (Å²) in [6.45, 7) is 0.135. The molecule has 0 saturated heterocycles. The van der Waals surface area contributed by atoms with Crippen LogP contribution in [0.25, 0.3) is 10.8 Å². The fourth-order valence-electron chi connectivity index (χ4n) is 2.77. The van der Waals surface area contributed by atoms with Gasteiger partial charge in [-0.1, -0.05) is 35.9 Å². The Balaban J connectivity index is 1.48. The van der Waals surface area contributed by atoms with Gasteiger partial charge in [-0.3, -0.25) is 4.72 Å². The van der Waals surface area contributed by atoms with Crippen molar-refractivity contribution in [3.8, 4) is 5.75 Å². The first-order valence-corrected chi connectivity index (χ1v) is 9.88. The van der Waals surface area contributed by atoms with Crippen LogP contribution >= 0.6 is 23.5 Å². The zero-order chi connectivity index (χ0) is 21.1. The Morgan fingerprint density at radius 3 is 2.57 bits per heavy atom. The van der Waals surface area contributed by atoms with Crippen LogP contribution < -0.4 is 9.46 Å². The third-order valence-corrected chi connectivity index (χ3v) is 5.29. The number of ether oxygens (including phenoxy) is 1. The Morgan fingerprint density at radius 1 is 0.967 bits per heavy atom. The number of fused-ring (bicyclic) bond motifs is 1. The predicted molar refractivity (Wildman–Crippen MR) is 111 cm³/mol. The molecule has 0 spiro atoms. The molecule has 0 amide bonds. The molecule has 0 saturated carbocycles. The second-order valence-electron chi connectivity index (χ2n) is 6.21. The van der Waals surface area contributed by atoms with Gasteiger partial charge in [0.25, 0.3) is 0 Å². The normalized spacial score (nSPS) is 10.9. The van der Waals surface area contributed by atoms with Gasteiger partial charge in [0, 0.05) is 6.07 Å². The van der Waals surface area contributed by atoms with Gasteiger partial charge < -0.3 is 4.74 Å². The number of hydrogen-bond acceptors (Lipinski definition) is 5. The standard InChI is InChI=1S/C21H13ClF3N3OS/c22-17-7-20(30-28-21-26-9-15(24)10-27-21)18(25)8-19(17)29-11-13-3-1-2-12-6-14(23)4-5-16(12)13/h1-10H,11H2,(H,26,27,28). The van der Waals surface area contributed by atoms with Crippen LogP contribution in [0.4, 0.5) is 19.1 Å². The van der Waals surface area contributed by atoms with Crippen molar-refractivity contribution in [2.24, 2.45) is 0 Å². The molecule has 0 aliphatic carbocycles. The quantitative estimate of drug-likeness (QED) is 0.346. The van der Waals surface area contributed by atoms with E-state index in [4.69, 9.17) is 16.3 Å². The van der Waals surface area contributed by atoms with Gasteiger partial charge in [-0.15, -0.1) is 0 Å². The third kappa shape index (κ3) is 4.60. The van der Waals surface area contributed by atoms with E-state index in [2.05, 4.69) is 14.7 Å². The van der Waals surface area contributed by atoms with Gasteiger partial charge in [0.2, 0.25) is 5.95 Å². The fraction of sp³-hybridized carbons (Fsp3) is 0.0476. The van der Waals surface area contributed by atoms with Crippen molar-refractivity contribution in [2.75, 3.05) is 4.72 Å². The van der Waals surface area contributed by atoms with Crippen LogP contribution in [-0.4, -0.2) is 9.97 Å². The highest BCUT2D eigenvalue weighted by molar-refractivity contribution is 8.00. The maximum atomic E-state index is 14.5. The summed E-state index contributed by atoms with van der Waals surface area (Å²) >= 11 is 7.14. The van der Waals surface area contributed by atoms with Crippen molar-refractivity contribution in [3.63, 3.8) is 0 Å². The number of halogens is 4. The van der Waals surface area contributed by atoms with E-state index < -0.39 is 11.6 Å². The molecule has 3 aromatic carbocycles. The number of anilines is 1. The van der Waals surface area contributed by atoms with Crippen LogP contribution in [0.3, 0.4) is 0 Å². The molecule has 9 heteroatoms. The molecule has 0 fully saturated rings. The summed E-state index contributed by atoms with van der Waals surface area (Å²) in [6, 6.07) is 12.5. The Kier molecular flexibility index (Phi) is 5.96. The lowest BCUT2D eigenvalue weighted by atomic mass is 10.1. The number of nitrogens with one attached hydrogen (secondary N) is 1. The molecule has 0 aliphatic heterocycles. The van der Waals surface area contributed by atoms with Crippen LogP contribution in [-0.2, 0) is 6.61 Å². The molecule has 4 aromatic rings. The molecule has 30 heavy (non-hydrogen) atoms. The van der Waals surface area contributed by atoms with Crippen molar-refractivity contribution in [3.05, 3.63) is 89.0 Å². The fourth-order valence-corrected chi connectivity index (χ4v) is 3.69. The summed E-state index contributed by atoms with van der Waals surface area (Å²) in [5.41, 5.74) is 0.817. The largest absolute Gasteiger partial charge is 0.487 e. The molecule has 1 N–H and O–H groups in total. The highest BCUT2D eigenvalue weighted by Gasteiger charge is 2.12. The van der Waals surface area contributed by atoms with E-state index in [1.165, 1.54) is 24.3 Å². The van der Waals surface area contributed by atoms with Crippen molar-refractivity contribution >= 4 is 40.3 Å². The van der Waals surface area contributed by atoms with Gasteiger partial charge in [-0.05, 0) is 46.5 Å². The highest BCUT2D eigenvalue weighted by atomic mass is 35.5. The van der Waals surface area contributed by atoms with Gasteiger partial charge in [0.05, 0.1) is 22.3 Å². The van der Waals surface area contributed by atoms with E-state index in [0.717, 1.165) is 40.7 Å². The van der Waals surface area contributed by atoms with Gasteiger partial charge in [0.15, 0.2) is 5.82 Å². The van der Waals surface area contributed by atoms with E-state index in [9.17, 15) is 13.2 Å². The number of benzene rings is 3. The molecule has 4 nitrogen and oxygen atoms in total. The Morgan fingerprint density at radius 2 is 1.77 bits per heavy atom. The molecule has 0 unspecified atom stereocenters. The first kappa shape index (κ1) is 20.3. The van der Waals surface area contributed by atoms with Crippen molar-refractivity contribution in [2.45, 2.75) is 11.5 Å². The maximum absolute atomic E-state index is 14.5. The Hall–Kier alpha value is -2.97. The molecule has 0 atom stereocenters. The second-order valence-corrected chi connectivity index (χ2v) is 7.47. The molecule has 1 aromatic heterocycles. The Bertz CT molecular complexity index is 1210. The topological polar surface area (TPSA) is 47.0 Å². The molecule has 0 radical (unpaired) electrons. The maximum Gasteiger partial charge on any atom is 0.233 e. The molecular weight excluding hydrogens is 435 g/mol. The van der Waals surface area contributed by atoms with Crippen molar-refractivity contribution in [1.29, 1.82) is 0 Å². The van der Waals surface area contributed by atoms with Crippen LogP contribution in [0.2, 0.25) is 5.02 Å². The summed E-state index contributed by atoms with van der Waals surface area (Å²) in [5.74, 6) is -1.15. The second kappa shape index (κ2) is 8.81. The van der Waals surface area contributed by atoms with E-state index >= 15 is 0 Å². The summed E-state index contributed by atoms with van der Waals surface area (Å²) in [6.07, 6.45) is 2.00. The first-order valence-electron chi connectivity index (χ1n) is 8.69. The molecular formula is C21H13ClF3N3OS. The van der Waals surface area contributed by atoms with E-state index in [1.807, 2.05) is 6.07 Å². The summed E-state index contributed by atoms with van der Waals surface area (Å²) < 4.78 is 49.2. The lowest BCUT2D eigenvalue weighted by molar-refractivity contribution is 0.305. The van der Waals surface area contributed by atoms with E-state index in [-0.39, 0.29) is 34.0 Å². The zero-order valence-electron chi connectivity index (χ0n) is 15.2. The minimum Gasteiger partial charge on any atom is -0.487 e. The van der Waals surface area contributed by atoms with E-state index in [0.29, 0.717) is 0 Å². The van der Waals surface area contributed by atoms with Gasteiger partial charge in [-0.2, -0.15) is 0 Å². The third-order valence-electron chi connectivity index (χ3n) is 4.17. The number of hydrogen-bond donors (Lipinski definition) is 1. The average molecular weight is 448 g/mol. The van der Waals surface area contributed by atoms with Crippen LogP contribution in [0.5, 0.6) is 5.75 Å². The number of rotatable bonds is 6. The molecule has 1 heterocycles. The predicted octanol–water partition coefficient (Wildman–Crippen LogP) is 6.40. The summed E-state index contributed by atoms with van der Waals surface area (Å²) in [4.78, 5) is 7.66. The van der Waals surface area contributed by atoms with Crippen molar-refractivity contribution < 1.29 is 17.9 Å². The molecule has 0 aliphatic rings. The van der Waals surface area contributed by atoms with Crippen LogP contribution in [0.15, 0.2) is 65.8 Å². The van der Waals surface area contributed by atoms with Gasteiger partial charge in [-0.25, -0.2) is 23.1 Å². The zero-order valence-corrected chi connectivity index (χ0v) is 16.8. The molecule has 152 valence electrons. The minimum absolute atomic E-state index is 0.129. The SMILES string of the molecule is Fc1cnc(NSc2cc(Cl)c(OCc3cccc4cc(F)ccc34)cc2F)nc1. The molecule has 4 rings (SSSR count). The number of aromatic nitrogens is 2. The van der Waals surface area contributed by atoms with Crippen LogP contribution in [0.1, 0.15) is 5.56 Å². The van der Waals surface area contributed by atoms with Crippen molar-refractivity contribution in [1.82, 2.24) is 9.97 Å². The highest BCUT2D eigenvalue weighted by Crippen LogP contribution is 2.33. The summed E-state index contributed by atoms with van der Waals surface area (Å²) in [7, 11) is 0. The van der Waals surface area contributed by atoms with Crippen LogP contribution in [0, 0.1) is 17.5 Å². The van der Waals surface area contributed by atoms with Gasteiger partial charge >= 0.3 is 0 Å².